The largest absolute Gasteiger partial charge is 0.465 e. The van der Waals surface area contributed by atoms with Crippen molar-refractivity contribution in [2.75, 3.05) is 49.2 Å². The van der Waals surface area contributed by atoms with Crippen LogP contribution in [-0.4, -0.2) is 82.7 Å². The molecule has 8 nitrogen and oxygen atoms in total. The highest BCUT2D eigenvalue weighted by atomic mass is 32.2. The Morgan fingerprint density at radius 1 is 1.00 bits per heavy atom. The van der Waals surface area contributed by atoms with E-state index in [2.05, 4.69) is 30.9 Å². The maximum Gasteiger partial charge on any atom is 0.311 e. The lowest BCUT2D eigenvalue weighted by Gasteiger charge is -2.37. The Balaban J connectivity index is 1.55. The fourth-order valence-electron chi connectivity index (χ4n) is 7.11. The number of hydrogen-bond donors (Lipinski definition) is 1. The number of aliphatic hydroxyl groups is 1. The molecule has 222 valence electrons. The number of aliphatic hydroxyl groups excluding tert-OH is 1. The summed E-state index contributed by atoms with van der Waals surface area (Å²) in [5, 5.41) is 9.30. The van der Waals surface area contributed by atoms with Gasteiger partial charge in [-0.15, -0.1) is 11.8 Å². The van der Waals surface area contributed by atoms with Crippen molar-refractivity contribution in [1.82, 2.24) is 4.90 Å². The van der Waals surface area contributed by atoms with Crippen molar-refractivity contribution in [3.05, 3.63) is 48.6 Å². The van der Waals surface area contributed by atoms with Crippen molar-refractivity contribution in [2.45, 2.75) is 68.4 Å². The number of hydrogen-bond acceptors (Lipinski definition) is 7. The van der Waals surface area contributed by atoms with Crippen molar-refractivity contribution >= 4 is 40.9 Å². The average molecular weight is 582 g/mol. The number of nitrogens with zero attached hydrogens (tertiary/aromatic N) is 3. The molecule has 9 heteroatoms. The summed E-state index contributed by atoms with van der Waals surface area (Å²) in [7, 11) is 0. The predicted molar refractivity (Wildman–Crippen MR) is 163 cm³/mol. The molecular weight excluding hydrogens is 538 g/mol. The van der Waals surface area contributed by atoms with Gasteiger partial charge in [0.25, 0.3) is 5.91 Å². The van der Waals surface area contributed by atoms with Gasteiger partial charge in [0.2, 0.25) is 5.91 Å². The number of rotatable bonds is 9. The maximum absolute atomic E-state index is 14.6. The van der Waals surface area contributed by atoms with Crippen LogP contribution in [0.15, 0.2) is 48.6 Å². The van der Waals surface area contributed by atoms with Crippen LogP contribution in [0.1, 0.15) is 52.9 Å². The second-order valence-corrected chi connectivity index (χ2v) is 13.4. The minimum absolute atomic E-state index is 0.0946. The lowest BCUT2D eigenvalue weighted by atomic mass is 9.74. The van der Waals surface area contributed by atoms with Gasteiger partial charge < -0.3 is 24.5 Å². The van der Waals surface area contributed by atoms with E-state index in [0.717, 1.165) is 43.7 Å². The van der Waals surface area contributed by atoms with E-state index in [4.69, 9.17) is 4.74 Å². The summed E-state index contributed by atoms with van der Waals surface area (Å²) in [5.74, 6) is -2.00. The Morgan fingerprint density at radius 2 is 1.76 bits per heavy atom. The van der Waals surface area contributed by atoms with Crippen molar-refractivity contribution in [3.63, 3.8) is 0 Å². The zero-order valence-electron chi connectivity index (χ0n) is 24.5. The van der Waals surface area contributed by atoms with E-state index in [1.54, 1.807) is 21.6 Å². The summed E-state index contributed by atoms with van der Waals surface area (Å²) in [5.41, 5.74) is 1.89. The Bertz CT molecular complexity index is 1200. The molecule has 5 atom stereocenters. The molecule has 1 spiro atoms. The average Bonchev–Trinajstić information content (AvgIpc) is 3.31. The van der Waals surface area contributed by atoms with Gasteiger partial charge in [0.15, 0.2) is 0 Å². The van der Waals surface area contributed by atoms with Gasteiger partial charge in [-0.05, 0) is 77.1 Å². The third-order valence-corrected chi connectivity index (χ3v) is 10.9. The van der Waals surface area contributed by atoms with E-state index in [0.29, 0.717) is 32.5 Å². The number of allylic oxidation sites excluding steroid dienone is 1. The SMILES string of the molecule is CCN(CC)c1ccc(N2CC=C[C@]34S[C@@]5(C)/C=C\CCCOC(=O)[C@H]5[C@H]3C(=O)N(CCCCCO)C4C2=O)cc1. The Labute approximate surface area is 247 Å². The molecular formula is C32H43N3O5S. The number of benzene rings is 1. The topological polar surface area (TPSA) is 90.4 Å². The minimum atomic E-state index is -0.886. The van der Waals surface area contributed by atoms with E-state index >= 15 is 0 Å². The fraction of sp³-hybridized carbons (Fsp3) is 0.594. The van der Waals surface area contributed by atoms with Gasteiger partial charge in [-0.3, -0.25) is 14.4 Å². The Morgan fingerprint density at radius 3 is 2.46 bits per heavy atom. The van der Waals surface area contributed by atoms with E-state index in [1.807, 2.05) is 43.3 Å². The zero-order valence-corrected chi connectivity index (χ0v) is 25.3. The van der Waals surface area contributed by atoms with Crippen LogP contribution >= 0.6 is 11.8 Å². The van der Waals surface area contributed by atoms with Crippen molar-refractivity contribution < 1.29 is 24.2 Å². The number of amides is 2. The summed E-state index contributed by atoms with van der Waals surface area (Å²) < 4.78 is 4.15. The molecule has 1 unspecified atom stereocenters. The van der Waals surface area contributed by atoms with Crippen LogP contribution in [-0.2, 0) is 19.1 Å². The number of carbonyl (C=O) groups is 3. The maximum atomic E-state index is 14.6. The molecule has 0 saturated carbocycles. The van der Waals surface area contributed by atoms with Gasteiger partial charge in [-0.25, -0.2) is 0 Å². The molecule has 0 aliphatic carbocycles. The fourth-order valence-corrected chi connectivity index (χ4v) is 9.26. The van der Waals surface area contributed by atoms with Gasteiger partial charge in [-0.2, -0.15) is 0 Å². The molecule has 2 saturated heterocycles. The molecule has 2 fully saturated rings. The second kappa shape index (κ2) is 12.2. The number of unbranched alkanes of at least 4 members (excludes halogenated alkanes) is 2. The van der Waals surface area contributed by atoms with Crippen LogP contribution in [0.3, 0.4) is 0 Å². The van der Waals surface area contributed by atoms with Gasteiger partial charge in [0, 0.05) is 48.9 Å². The number of likely N-dealkylation sites (tertiary alicyclic amines) is 1. The number of carbonyl (C=O) groups excluding carboxylic acids is 3. The van der Waals surface area contributed by atoms with Crippen LogP contribution in [0.25, 0.3) is 0 Å². The zero-order chi connectivity index (χ0) is 29.2. The van der Waals surface area contributed by atoms with Gasteiger partial charge in [0.05, 0.1) is 23.2 Å². The minimum Gasteiger partial charge on any atom is -0.465 e. The molecule has 4 heterocycles. The molecule has 0 aromatic heterocycles. The molecule has 4 aliphatic heterocycles. The summed E-state index contributed by atoms with van der Waals surface area (Å²) in [6.45, 7) is 9.28. The number of esters is 1. The molecule has 1 aromatic rings. The third kappa shape index (κ3) is 5.20. The Hall–Kier alpha value is -2.78. The molecule has 0 bridgehead atoms. The highest BCUT2D eigenvalue weighted by Crippen LogP contribution is 2.65. The quantitative estimate of drug-likeness (QED) is 0.266. The third-order valence-electron chi connectivity index (χ3n) is 9.10. The lowest BCUT2D eigenvalue weighted by molar-refractivity contribution is -0.154. The number of anilines is 2. The molecule has 0 radical (unpaired) electrons. The van der Waals surface area contributed by atoms with Crippen molar-refractivity contribution in [3.8, 4) is 0 Å². The van der Waals surface area contributed by atoms with Crippen molar-refractivity contribution in [2.24, 2.45) is 11.8 Å². The lowest BCUT2D eigenvalue weighted by Crippen LogP contribution is -2.53. The van der Waals surface area contributed by atoms with E-state index in [1.165, 1.54) is 0 Å². The summed E-state index contributed by atoms with van der Waals surface area (Å²) in [6, 6.07) is 7.32. The highest BCUT2D eigenvalue weighted by molar-refractivity contribution is 8.02. The van der Waals surface area contributed by atoms with E-state index in [-0.39, 0.29) is 24.4 Å². The summed E-state index contributed by atoms with van der Waals surface area (Å²) >= 11 is 1.58. The van der Waals surface area contributed by atoms with Gasteiger partial charge >= 0.3 is 5.97 Å². The number of cyclic esters (lactones) is 1. The van der Waals surface area contributed by atoms with Gasteiger partial charge in [0.1, 0.15) is 6.04 Å². The predicted octanol–water partition coefficient (Wildman–Crippen LogP) is 4.18. The van der Waals surface area contributed by atoms with E-state index in [9.17, 15) is 19.5 Å². The Kier molecular flexibility index (Phi) is 8.85. The highest BCUT2D eigenvalue weighted by Gasteiger charge is 2.73. The van der Waals surface area contributed by atoms with Crippen LogP contribution in [0.4, 0.5) is 11.4 Å². The molecule has 1 N–H and O–H groups in total. The monoisotopic (exact) mass is 581 g/mol. The smallest absolute Gasteiger partial charge is 0.311 e. The standard InChI is InChI=1S/C32H43N3O5S/c1-4-33(5-2)23-13-15-24(16-14-23)34-20-12-18-32-25(26-30(39)40-22-11-6-8-17-31(26,3)41-32)28(37)35(27(32)29(34)38)19-9-7-10-21-36/h8,12-18,25-27,36H,4-7,9-11,19-22H2,1-3H3/b17-8-/t25-,26+,27?,31-,32-/m0/s1. The number of thioether (sulfide) groups is 1. The molecule has 4 aliphatic rings. The molecule has 5 rings (SSSR count). The number of fused-ring (bicyclic) bond motifs is 2. The summed E-state index contributed by atoms with van der Waals surface area (Å²) in [4.78, 5) is 48.3. The molecule has 41 heavy (non-hydrogen) atoms. The molecule has 1 aromatic carbocycles. The number of ether oxygens (including phenoxy) is 1. The van der Waals surface area contributed by atoms with E-state index < -0.39 is 27.4 Å². The van der Waals surface area contributed by atoms with Gasteiger partial charge in [-0.1, -0.05) is 24.3 Å². The van der Waals surface area contributed by atoms with Crippen LogP contribution < -0.4 is 9.80 Å². The first-order valence-electron chi connectivity index (χ1n) is 15.1. The molecule has 2 amide bonds. The van der Waals surface area contributed by atoms with Crippen LogP contribution in [0.2, 0.25) is 0 Å². The van der Waals surface area contributed by atoms with Crippen LogP contribution in [0.5, 0.6) is 0 Å². The van der Waals surface area contributed by atoms with Crippen LogP contribution in [0, 0.1) is 11.8 Å². The first-order chi connectivity index (χ1) is 19.8. The normalized spacial score (nSPS) is 31.9. The summed E-state index contributed by atoms with van der Waals surface area (Å²) in [6.07, 6.45) is 11.8. The first kappa shape index (κ1) is 29.7. The first-order valence-corrected chi connectivity index (χ1v) is 15.9. The second-order valence-electron chi connectivity index (χ2n) is 11.6. The van der Waals surface area contributed by atoms with Crippen molar-refractivity contribution in [1.29, 1.82) is 0 Å².